The van der Waals surface area contributed by atoms with Gasteiger partial charge in [-0.25, -0.2) is 0 Å². The summed E-state index contributed by atoms with van der Waals surface area (Å²) in [5.41, 5.74) is 0. The Bertz CT molecular complexity index is 252. The smallest absolute Gasteiger partial charge is 0.321 e. The average Bonchev–Trinajstić information content (AvgIpc) is 2.72. The predicted molar refractivity (Wildman–Crippen MR) is 126 cm³/mol. The zero-order valence-electron chi connectivity index (χ0n) is 19.5. The Morgan fingerprint density at radius 2 is 0.643 bits per heavy atom. The van der Waals surface area contributed by atoms with Crippen molar-refractivity contribution in [2.75, 3.05) is 26.4 Å². The van der Waals surface area contributed by atoms with Crippen LogP contribution >= 0.6 is 0 Å². The zero-order valence-corrected chi connectivity index (χ0v) is 21.8. The SMILES string of the molecule is CCCO[SiH](CCCCCCCCCC[SiH](OCCC)OCCC)OCCC. The highest BCUT2D eigenvalue weighted by molar-refractivity contribution is 6.44. The van der Waals surface area contributed by atoms with E-state index in [0.29, 0.717) is 0 Å². The normalized spacial score (nSPS) is 11.8. The summed E-state index contributed by atoms with van der Waals surface area (Å²) in [5.74, 6) is 0. The summed E-state index contributed by atoms with van der Waals surface area (Å²) in [7, 11) is -2.78. The molecule has 0 unspecified atom stereocenters. The first kappa shape index (κ1) is 28.3. The van der Waals surface area contributed by atoms with Gasteiger partial charge in [0.2, 0.25) is 0 Å². The van der Waals surface area contributed by atoms with E-state index in [4.69, 9.17) is 17.7 Å². The second-order valence-electron chi connectivity index (χ2n) is 7.75. The third kappa shape index (κ3) is 19.6. The van der Waals surface area contributed by atoms with Gasteiger partial charge in [0.25, 0.3) is 0 Å². The molecule has 0 aromatic rings. The number of rotatable bonds is 23. The third-order valence-electron chi connectivity index (χ3n) is 4.66. The molecule has 0 fully saturated rings. The largest absolute Gasteiger partial charge is 0.397 e. The topological polar surface area (TPSA) is 36.9 Å². The maximum Gasteiger partial charge on any atom is 0.321 e. The summed E-state index contributed by atoms with van der Waals surface area (Å²) in [6.07, 6.45) is 15.1. The van der Waals surface area contributed by atoms with Crippen LogP contribution in [0.4, 0.5) is 0 Å². The Morgan fingerprint density at radius 1 is 0.393 bits per heavy atom. The molecule has 6 heteroatoms. The Balaban J connectivity index is 3.55. The molecule has 0 aromatic carbocycles. The Morgan fingerprint density at radius 3 is 0.893 bits per heavy atom. The minimum absolute atomic E-state index is 0.872. The van der Waals surface area contributed by atoms with E-state index >= 15 is 0 Å². The fourth-order valence-electron chi connectivity index (χ4n) is 3.11. The molecule has 0 aliphatic carbocycles. The maximum absolute atomic E-state index is 5.93. The van der Waals surface area contributed by atoms with Gasteiger partial charge in [-0.3, -0.25) is 0 Å². The summed E-state index contributed by atoms with van der Waals surface area (Å²) >= 11 is 0. The van der Waals surface area contributed by atoms with Crippen LogP contribution in [-0.2, 0) is 17.7 Å². The second kappa shape index (κ2) is 23.6. The van der Waals surface area contributed by atoms with Crippen LogP contribution in [0.15, 0.2) is 0 Å². The Kier molecular flexibility index (Phi) is 23.8. The Labute approximate surface area is 179 Å². The highest BCUT2D eigenvalue weighted by Gasteiger charge is 2.13. The monoisotopic (exact) mass is 434 g/mol. The lowest BCUT2D eigenvalue weighted by molar-refractivity contribution is 0.195. The van der Waals surface area contributed by atoms with Gasteiger partial charge in [0, 0.05) is 26.4 Å². The van der Waals surface area contributed by atoms with E-state index in [9.17, 15) is 0 Å². The molecule has 0 bridgehead atoms. The summed E-state index contributed by atoms with van der Waals surface area (Å²) < 4.78 is 23.7. The molecule has 0 heterocycles. The van der Waals surface area contributed by atoms with Crippen LogP contribution in [-0.4, -0.2) is 45.0 Å². The first-order valence-electron chi connectivity index (χ1n) is 12.2. The first-order valence-corrected chi connectivity index (χ1v) is 15.8. The third-order valence-corrected chi connectivity index (χ3v) is 8.85. The van der Waals surface area contributed by atoms with E-state index in [1.807, 2.05) is 0 Å². The lowest BCUT2D eigenvalue weighted by Crippen LogP contribution is -2.23. The van der Waals surface area contributed by atoms with Crippen LogP contribution in [0, 0.1) is 0 Å². The lowest BCUT2D eigenvalue weighted by Gasteiger charge is -2.16. The van der Waals surface area contributed by atoms with Gasteiger partial charge < -0.3 is 17.7 Å². The quantitative estimate of drug-likeness (QED) is 0.141. The molecule has 4 nitrogen and oxygen atoms in total. The zero-order chi connectivity index (χ0) is 20.7. The van der Waals surface area contributed by atoms with Crippen molar-refractivity contribution < 1.29 is 17.7 Å². The molecule has 0 spiro atoms. The van der Waals surface area contributed by atoms with Crippen molar-refractivity contribution in [3.8, 4) is 0 Å². The van der Waals surface area contributed by atoms with Crippen LogP contribution < -0.4 is 0 Å². The fraction of sp³-hybridized carbons (Fsp3) is 1.00. The molecule has 0 N–H and O–H groups in total. The molecule has 0 saturated heterocycles. The Hall–Kier alpha value is 0.274. The fourth-order valence-corrected chi connectivity index (χ4v) is 7.21. The van der Waals surface area contributed by atoms with E-state index in [2.05, 4.69) is 27.7 Å². The van der Waals surface area contributed by atoms with Crippen molar-refractivity contribution >= 4 is 18.6 Å². The van der Waals surface area contributed by atoms with E-state index in [1.165, 1.54) is 63.5 Å². The van der Waals surface area contributed by atoms with Gasteiger partial charge in [0.15, 0.2) is 0 Å². The predicted octanol–water partition coefficient (Wildman–Crippen LogP) is 6.25. The molecule has 0 radical (unpaired) electrons. The first-order chi connectivity index (χ1) is 13.8. The molecular formula is C22H50O4Si2. The van der Waals surface area contributed by atoms with Gasteiger partial charge in [-0.2, -0.15) is 0 Å². The number of hydrogen-bond donors (Lipinski definition) is 0. The van der Waals surface area contributed by atoms with Crippen LogP contribution in [0.3, 0.4) is 0 Å². The van der Waals surface area contributed by atoms with Gasteiger partial charge in [-0.1, -0.05) is 79.1 Å². The molecule has 0 atom stereocenters. The molecule has 0 aromatic heterocycles. The molecule has 28 heavy (non-hydrogen) atoms. The molecule has 0 saturated carbocycles. The maximum atomic E-state index is 5.93. The summed E-state index contributed by atoms with van der Waals surface area (Å²) in [6.45, 7) is 12.2. The summed E-state index contributed by atoms with van der Waals surface area (Å²) in [6, 6.07) is 2.36. The van der Waals surface area contributed by atoms with Crippen LogP contribution in [0.2, 0.25) is 12.1 Å². The van der Waals surface area contributed by atoms with Gasteiger partial charge in [-0.05, 0) is 37.8 Å². The highest BCUT2D eigenvalue weighted by atomic mass is 28.3. The minimum atomic E-state index is -1.39. The van der Waals surface area contributed by atoms with E-state index < -0.39 is 18.6 Å². The van der Waals surface area contributed by atoms with Gasteiger partial charge in [0.05, 0.1) is 0 Å². The van der Waals surface area contributed by atoms with Crippen molar-refractivity contribution in [1.82, 2.24) is 0 Å². The van der Waals surface area contributed by atoms with E-state index in [1.54, 1.807) is 0 Å². The van der Waals surface area contributed by atoms with Crippen LogP contribution in [0.5, 0.6) is 0 Å². The van der Waals surface area contributed by atoms with Crippen molar-refractivity contribution in [3.05, 3.63) is 0 Å². The van der Waals surface area contributed by atoms with Gasteiger partial charge in [0.1, 0.15) is 0 Å². The van der Waals surface area contributed by atoms with Crippen molar-refractivity contribution in [2.45, 2.75) is 117 Å². The van der Waals surface area contributed by atoms with Crippen LogP contribution in [0.25, 0.3) is 0 Å². The van der Waals surface area contributed by atoms with Crippen LogP contribution in [0.1, 0.15) is 105 Å². The molecule has 0 aliphatic rings. The summed E-state index contributed by atoms with van der Waals surface area (Å²) in [4.78, 5) is 0. The molecular weight excluding hydrogens is 384 g/mol. The van der Waals surface area contributed by atoms with Crippen molar-refractivity contribution in [2.24, 2.45) is 0 Å². The van der Waals surface area contributed by atoms with Crippen molar-refractivity contribution in [3.63, 3.8) is 0 Å². The highest BCUT2D eigenvalue weighted by Crippen LogP contribution is 2.14. The van der Waals surface area contributed by atoms with E-state index in [0.717, 1.165) is 52.1 Å². The second-order valence-corrected chi connectivity index (χ2v) is 12.0. The minimum Gasteiger partial charge on any atom is -0.397 e. The van der Waals surface area contributed by atoms with Crippen molar-refractivity contribution in [1.29, 1.82) is 0 Å². The van der Waals surface area contributed by atoms with Gasteiger partial charge >= 0.3 is 18.6 Å². The number of unbranched alkanes of at least 4 members (excludes halogenated alkanes) is 7. The molecule has 0 aliphatic heterocycles. The number of hydrogen-bond acceptors (Lipinski definition) is 4. The molecule has 0 rings (SSSR count). The van der Waals surface area contributed by atoms with E-state index in [-0.39, 0.29) is 0 Å². The van der Waals surface area contributed by atoms with Gasteiger partial charge in [-0.15, -0.1) is 0 Å². The molecule has 0 amide bonds. The standard InChI is InChI=1S/C22H50O4Si2/c1-5-17-23-27(24-18-6-2)21-15-13-11-9-10-12-14-16-22-28(25-19-7-3)26-20-8-4/h27-28H,5-22H2,1-4H3. The lowest BCUT2D eigenvalue weighted by atomic mass is 10.1. The summed E-state index contributed by atoms with van der Waals surface area (Å²) in [5, 5.41) is 0. The average molecular weight is 435 g/mol. The molecule has 170 valence electrons.